The third-order valence-corrected chi connectivity index (χ3v) is 2.57. The molecule has 15 heavy (non-hydrogen) atoms. The van der Waals surface area contributed by atoms with Crippen LogP contribution in [-0.2, 0) is 6.61 Å². The van der Waals surface area contributed by atoms with Gasteiger partial charge in [-0.2, -0.15) is 0 Å². The van der Waals surface area contributed by atoms with Gasteiger partial charge in [-0.15, -0.1) is 0 Å². The third-order valence-electron chi connectivity index (χ3n) is 2.11. The number of aromatic nitrogens is 2. The first-order valence-corrected chi connectivity index (χ1v) is 5.40. The number of H-pyrrole nitrogens is 1. The molecule has 4 heteroatoms. The molecule has 0 atom stereocenters. The second-order valence-corrected chi connectivity index (χ2v) is 4.35. The van der Waals surface area contributed by atoms with E-state index in [2.05, 4.69) is 25.9 Å². The van der Waals surface area contributed by atoms with Crippen LogP contribution >= 0.6 is 15.9 Å². The van der Waals surface area contributed by atoms with Gasteiger partial charge in [0.1, 0.15) is 5.82 Å². The Morgan fingerprint density at radius 2 is 2.20 bits per heavy atom. The molecule has 1 aromatic heterocycles. The van der Waals surface area contributed by atoms with E-state index >= 15 is 0 Å². The molecule has 0 fully saturated rings. The lowest BCUT2D eigenvalue weighted by Crippen LogP contribution is -1.85. The van der Waals surface area contributed by atoms with E-state index < -0.39 is 0 Å². The fourth-order valence-corrected chi connectivity index (χ4v) is 2.07. The van der Waals surface area contributed by atoms with Crippen LogP contribution in [-0.4, -0.2) is 15.1 Å². The summed E-state index contributed by atoms with van der Waals surface area (Å²) in [6.45, 7) is 2.02. The molecule has 0 aliphatic heterocycles. The van der Waals surface area contributed by atoms with Crippen molar-refractivity contribution in [3.8, 4) is 11.4 Å². The van der Waals surface area contributed by atoms with Crippen LogP contribution in [0.3, 0.4) is 0 Å². The Labute approximate surface area is 96.3 Å². The SMILES string of the molecule is Cc1cc(Br)cc(-c2ncc(CO)[nH]2)c1. The molecule has 78 valence electrons. The number of aromatic amines is 1. The van der Waals surface area contributed by atoms with Crippen LogP contribution < -0.4 is 0 Å². The molecule has 0 spiro atoms. The van der Waals surface area contributed by atoms with Crippen molar-refractivity contribution >= 4 is 15.9 Å². The third kappa shape index (κ3) is 2.27. The van der Waals surface area contributed by atoms with Gasteiger partial charge in [-0.25, -0.2) is 4.98 Å². The summed E-state index contributed by atoms with van der Waals surface area (Å²) in [6.07, 6.45) is 1.64. The summed E-state index contributed by atoms with van der Waals surface area (Å²) in [6, 6.07) is 6.08. The molecular weight excluding hydrogens is 256 g/mol. The van der Waals surface area contributed by atoms with Gasteiger partial charge < -0.3 is 10.1 Å². The molecule has 0 aliphatic rings. The van der Waals surface area contributed by atoms with E-state index in [1.54, 1.807) is 6.20 Å². The van der Waals surface area contributed by atoms with Gasteiger partial charge in [0.25, 0.3) is 0 Å². The first kappa shape index (κ1) is 10.4. The Morgan fingerprint density at radius 3 is 2.80 bits per heavy atom. The zero-order valence-electron chi connectivity index (χ0n) is 8.29. The van der Waals surface area contributed by atoms with Crippen molar-refractivity contribution in [3.63, 3.8) is 0 Å². The van der Waals surface area contributed by atoms with E-state index in [1.165, 1.54) is 5.56 Å². The highest BCUT2D eigenvalue weighted by molar-refractivity contribution is 9.10. The van der Waals surface area contributed by atoms with Crippen LogP contribution in [0.2, 0.25) is 0 Å². The number of aliphatic hydroxyl groups excluding tert-OH is 1. The van der Waals surface area contributed by atoms with Crippen molar-refractivity contribution in [2.45, 2.75) is 13.5 Å². The molecule has 0 radical (unpaired) electrons. The summed E-state index contributed by atoms with van der Waals surface area (Å²) in [5.41, 5.74) is 2.91. The number of hydrogen-bond donors (Lipinski definition) is 2. The minimum atomic E-state index is -0.0139. The fourth-order valence-electron chi connectivity index (χ4n) is 1.46. The summed E-state index contributed by atoms with van der Waals surface area (Å²) in [5.74, 6) is 0.781. The smallest absolute Gasteiger partial charge is 0.137 e. The lowest BCUT2D eigenvalue weighted by Gasteiger charge is -2.00. The number of aryl methyl sites for hydroxylation is 1. The van der Waals surface area contributed by atoms with Crippen LogP contribution in [0, 0.1) is 6.92 Å². The predicted molar refractivity (Wildman–Crippen MR) is 62.4 cm³/mol. The van der Waals surface area contributed by atoms with E-state index in [1.807, 2.05) is 25.1 Å². The molecule has 0 saturated carbocycles. The van der Waals surface area contributed by atoms with Crippen molar-refractivity contribution in [3.05, 3.63) is 40.1 Å². The number of benzene rings is 1. The molecular formula is C11H11BrN2O. The van der Waals surface area contributed by atoms with Gasteiger partial charge >= 0.3 is 0 Å². The quantitative estimate of drug-likeness (QED) is 0.878. The van der Waals surface area contributed by atoms with Crippen molar-refractivity contribution in [2.75, 3.05) is 0 Å². The van der Waals surface area contributed by atoms with Crippen molar-refractivity contribution in [1.29, 1.82) is 0 Å². The van der Waals surface area contributed by atoms with Gasteiger partial charge in [0.2, 0.25) is 0 Å². The van der Waals surface area contributed by atoms with Gasteiger partial charge in [-0.3, -0.25) is 0 Å². The van der Waals surface area contributed by atoms with E-state index in [-0.39, 0.29) is 6.61 Å². The normalized spacial score (nSPS) is 10.6. The molecule has 0 bridgehead atoms. The van der Waals surface area contributed by atoms with Gasteiger partial charge in [0.05, 0.1) is 18.5 Å². The number of halogens is 1. The number of aliphatic hydroxyl groups is 1. The maximum atomic E-state index is 8.93. The Balaban J connectivity index is 2.44. The standard InChI is InChI=1S/C11H11BrN2O/c1-7-2-8(4-9(12)3-7)11-13-5-10(6-15)14-11/h2-5,15H,6H2,1H3,(H,13,14). The number of rotatable bonds is 2. The second kappa shape index (κ2) is 4.16. The topological polar surface area (TPSA) is 48.9 Å². The Morgan fingerprint density at radius 1 is 1.40 bits per heavy atom. The molecule has 2 aromatic rings. The highest BCUT2D eigenvalue weighted by Crippen LogP contribution is 2.22. The highest BCUT2D eigenvalue weighted by atomic mass is 79.9. The molecule has 0 amide bonds. The van der Waals surface area contributed by atoms with Crippen LogP contribution in [0.15, 0.2) is 28.9 Å². The minimum Gasteiger partial charge on any atom is -0.390 e. The van der Waals surface area contributed by atoms with Crippen LogP contribution in [0.25, 0.3) is 11.4 Å². The first-order chi connectivity index (χ1) is 7.19. The maximum absolute atomic E-state index is 8.93. The van der Waals surface area contributed by atoms with Crippen LogP contribution in [0.5, 0.6) is 0 Å². The molecule has 0 saturated heterocycles. The molecule has 0 unspecified atom stereocenters. The second-order valence-electron chi connectivity index (χ2n) is 3.43. The van der Waals surface area contributed by atoms with Gasteiger partial charge in [-0.1, -0.05) is 15.9 Å². The van der Waals surface area contributed by atoms with E-state index in [4.69, 9.17) is 5.11 Å². The summed E-state index contributed by atoms with van der Waals surface area (Å²) < 4.78 is 1.03. The number of nitrogens with one attached hydrogen (secondary N) is 1. The monoisotopic (exact) mass is 266 g/mol. The van der Waals surface area contributed by atoms with Crippen LogP contribution in [0.4, 0.5) is 0 Å². The molecule has 2 N–H and O–H groups in total. The van der Waals surface area contributed by atoms with Crippen molar-refractivity contribution in [2.24, 2.45) is 0 Å². The Kier molecular flexibility index (Phi) is 2.88. The summed E-state index contributed by atoms with van der Waals surface area (Å²) in [4.78, 5) is 7.25. The fraction of sp³-hybridized carbons (Fsp3) is 0.182. The lowest BCUT2D eigenvalue weighted by molar-refractivity contribution is 0.277. The summed E-state index contributed by atoms with van der Waals surface area (Å²) >= 11 is 3.44. The zero-order valence-corrected chi connectivity index (χ0v) is 9.87. The molecule has 1 aromatic carbocycles. The average Bonchev–Trinajstić information content (AvgIpc) is 2.64. The van der Waals surface area contributed by atoms with Crippen LogP contribution in [0.1, 0.15) is 11.3 Å². The summed E-state index contributed by atoms with van der Waals surface area (Å²) in [7, 11) is 0. The molecule has 1 heterocycles. The molecule has 2 rings (SSSR count). The average molecular weight is 267 g/mol. The van der Waals surface area contributed by atoms with E-state index in [0.717, 1.165) is 21.6 Å². The van der Waals surface area contributed by atoms with Gasteiger partial charge in [0, 0.05) is 10.0 Å². The first-order valence-electron chi connectivity index (χ1n) is 4.61. The molecule has 0 aliphatic carbocycles. The van der Waals surface area contributed by atoms with Gasteiger partial charge in [0.15, 0.2) is 0 Å². The highest BCUT2D eigenvalue weighted by Gasteiger charge is 2.04. The van der Waals surface area contributed by atoms with Gasteiger partial charge in [-0.05, 0) is 30.7 Å². The lowest BCUT2D eigenvalue weighted by atomic mass is 10.1. The van der Waals surface area contributed by atoms with E-state index in [0.29, 0.717) is 0 Å². The van der Waals surface area contributed by atoms with Crippen molar-refractivity contribution < 1.29 is 5.11 Å². The predicted octanol–water partition coefficient (Wildman–Crippen LogP) is 2.64. The number of nitrogens with zero attached hydrogens (tertiary/aromatic N) is 1. The van der Waals surface area contributed by atoms with E-state index in [9.17, 15) is 0 Å². The largest absolute Gasteiger partial charge is 0.390 e. The zero-order chi connectivity index (χ0) is 10.8. The number of hydrogen-bond acceptors (Lipinski definition) is 2. The number of imidazole rings is 1. The minimum absolute atomic E-state index is 0.0139. The summed E-state index contributed by atoms with van der Waals surface area (Å²) in [5, 5.41) is 8.93. The molecule has 3 nitrogen and oxygen atoms in total. The van der Waals surface area contributed by atoms with Crippen molar-refractivity contribution in [1.82, 2.24) is 9.97 Å². The Bertz CT molecular complexity index is 459. The maximum Gasteiger partial charge on any atom is 0.137 e. The Hall–Kier alpha value is -1.13.